The molecular weight excluding hydrogens is 1720 g/mol. The van der Waals surface area contributed by atoms with Crippen molar-refractivity contribution in [3.05, 3.63) is 149 Å². The molecule has 0 radical (unpaired) electrons. The highest BCUT2D eigenvalue weighted by Crippen LogP contribution is 2.39. The number of allylic oxidation sites excluding steroid dienone is 6. The Bertz CT molecular complexity index is 5460. The largest absolute Gasteiger partial charge is 0.480 e. The van der Waals surface area contributed by atoms with Crippen LogP contribution in [0, 0.1) is 29.6 Å². The van der Waals surface area contributed by atoms with Crippen LogP contribution in [-0.4, -0.2) is 298 Å². The van der Waals surface area contributed by atoms with E-state index in [1.165, 1.54) is 37.8 Å². The number of esters is 1. The van der Waals surface area contributed by atoms with Gasteiger partial charge in [-0.3, -0.25) is 33.7 Å². The number of aliphatic hydroxyl groups is 2. The first-order chi connectivity index (χ1) is 64.5. The minimum Gasteiger partial charge on any atom is -0.480 e. The number of nitrogen functional groups attached to an aromatic ring is 1. The Morgan fingerprint density at radius 2 is 1.53 bits per heavy atom. The summed E-state index contributed by atoms with van der Waals surface area (Å²) in [7, 11) is 4.44. The number of alkyl carbamates (subject to hydrolysis) is 1. The lowest BCUT2D eigenvalue weighted by atomic mass is 9.78. The number of fused-ring (bicyclic) bond motifs is 6. The molecule has 1 saturated carbocycles. The second-order valence-corrected chi connectivity index (χ2v) is 36.7. The lowest BCUT2D eigenvalue weighted by Crippen LogP contribution is -2.58. The number of rotatable bonds is 22. The third-order valence-corrected chi connectivity index (χ3v) is 27.3. The van der Waals surface area contributed by atoms with E-state index in [0.717, 1.165) is 43.8 Å². The number of Topliss-reactive ketones (excluding diaryl/α,β-unsaturated/α-hetero) is 3. The van der Waals surface area contributed by atoms with E-state index in [1.807, 2.05) is 79.1 Å². The lowest BCUT2D eigenvalue weighted by molar-refractivity contribution is -0.245. The number of amides is 4. The summed E-state index contributed by atoms with van der Waals surface area (Å²) in [5.74, 6) is -8.70. The predicted octanol–water partition coefficient (Wildman–Crippen LogP) is 8.29. The molecule has 1 aromatic carbocycles. The maximum absolute atomic E-state index is 14.8. The molecule has 12 heterocycles. The Balaban J connectivity index is 0.510. The van der Waals surface area contributed by atoms with Crippen molar-refractivity contribution in [2.24, 2.45) is 29.6 Å². The molecule has 2 bridgehead atoms. The van der Waals surface area contributed by atoms with Crippen molar-refractivity contribution in [3.8, 4) is 11.3 Å². The number of aliphatic hydroxyl groups excluding tert-OH is 1. The van der Waals surface area contributed by atoms with E-state index in [2.05, 4.69) is 73.2 Å². The molecule has 134 heavy (non-hydrogen) atoms. The molecule has 7 aliphatic rings. The fourth-order valence-corrected chi connectivity index (χ4v) is 19.5. The van der Waals surface area contributed by atoms with Gasteiger partial charge in [-0.05, 0) is 142 Å². The molecule has 4 amide bonds. The highest BCUT2D eigenvalue weighted by molar-refractivity contribution is 6.39. The quantitative estimate of drug-likeness (QED) is 0.0161. The number of aromatic amines is 1. The van der Waals surface area contributed by atoms with E-state index in [1.54, 1.807) is 57.4 Å². The molecule has 0 unspecified atom stereocenters. The molecule has 37 nitrogen and oxygen atoms in total. The third-order valence-electron chi connectivity index (χ3n) is 27.3. The highest BCUT2D eigenvalue weighted by atomic mass is 16.6. The molecule has 5 fully saturated rings. The van der Waals surface area contributed by atoms with E-state index in [9.17, 15) is 58.5 Å². The minimum absolute atomic E-state index is 0.0129. The average Bonchev–Trinajstić information content (AvgIpc) is 1.59. The van der Waals surface area contributed by atoms with Crippen molar-refractivity contribution >= 4 is 92.9 Å². The number of ether oxygens (including phenoxy) is 7. The van der Waals surface area contributed by atoms with Crippen LogP contribution in [0.25, 0.3) is 33.3 Å². The maximum Gasteiger partial charge on any atom is 0.407 e. The summed E-state index contributed by atoms with van der Waals surface area (Å²) in [5.41, 5.74) is 14.6. The van der Waals surface area contributed by atoms with Crippen molar-refractivity contribution in [3.63, 3.8) is 0 Å². The molecule has 7 N–H and O–H groups in total. The van der Waals surface area contributed by atoms with E-state index >= 15 is 0 Å². The van der Waals surface area contributed by atoms with Crippen LogP contribution in [-0.2, 0) is 92.8 Å². The Kier molecular flexibility index (Phi) is 33.1. The number of nitrogens with one attached hydrogen (secondary N) is 2. The zero-order valence-electron chi connectivity index (χ0n) is 77.8. The van der Waals surface area contributed by atoms with Crippen molar-refractivity contribution < 1.29 is 91.6 Å². The maximum atomic E-state index is 14.8. The molecule has 15 atom stereocenters. The van der Waals surface area contributed by atoms with Crippen molar-refractivity contribution in [1.29, 1.82) is 0 Å². The van der Waals surface area contributed by atoms with Gasteiger partial charge < -0.3 is 89.0 Å². The van der Waals surface area contributed by atoms with Crippen LogP contribution < -0.4 is 20.9 Å². The predicted molar refractivity (Wildman–Crippen MR) is 494 cm³/mol. The summed E-state index contributed by atoms with van der Waals surface area (Å²) in [6, 6.07) is 7.84. The average molecular weight is 1850 g/mol. The normalized spacial score (nSPS) is 27.0. The number of benzene rings is 1. The zero-order chi connectivity index (χ0) is 95.0. The molecule has 7 aromatic rings. The summed E-state index contributed by atoms with van der Waals surface area (Å²) < 4.78 is 43.7. The number of cyclic esters (lactones) is 1. The fraction of sp³-hybridized carbons (Fsp3) is 0.557. The van der Waals surface area contributed by atoms with Crippen LogP contribution in [0.4, 0.5) is 22.5 Å². The Hall–Kier alpha value is -11.7. The van der Waals surface area contributed by atoms with Gasteiger partial charge in [0.2, 0.25) is 23.6 Å². The number of carboxylic acid groups (broad SMARTS) is 1. The summed E-state index contributed by atoms with van der Waals surface area (Å²) in [6.45, 7) is 16.4. The number of nitrogens with two attached hydrogens (primary N) is 1. The van der Waals surface area contributed by atoms with E-state index in [0.29, 0.717) is 168 Å². The minimum atomic E-state index is -2.46. The van der Waals surface area contributed by atoms with Crippen LogP contribution in [0.2, 0.25) is 0 Å². The van der Waals surface area contributed by atoms with Gasteiger partial charge in [0.25, 0.3) is 17.6 Å². The SMILES string of the molecule is CO[C@H]1C[C@@H]2CCC[C@@](O)(O2)C(=O)C(=O)N2CCCC[C@H]2C(=O)O[C@H]([C@H](C)C[C@@H]2CC[C@@H](OC(=O)NCc3cnc(N4CCN(C(=O)CCOCCN5CCN(c6ncc(C(=O)N7CCc8cc(Cn9nc(-c%10cnc%11[nH]ccc%11c%10)c%10c(N)ncnc%109)ccc8C7)cn6)CC5)[C@@H](C(=O)O)C4)nc3)[C@H](OC)C2)CC(=O)[C@H](C)/C=C(\C)[C@@H](O)[C@@H](OC)C(=O)[C@H](C)C[C@H](C)/C=C/C=CC=C1C. The van der Waals surface area contributed by atoms with Crippen LogP contribution in [0.5, 0.6) is 0 Å². The number of anilines is 3. The number of ketones is 3. The molecule has 1 aliphatic carbocycles. The number of H-pyrrole nitrogens is 1. The number of nitrogens with zero attached hydrogens (tertiary/aromatic N) is 15. The Morgan fingerprint density at radius 3 is 2.29 bits per heavy atom. The van der Waals surface area contributed by atoms with Gasteiger partial charge in [-0.2, -0.15) is 5.10 Å². The van der Waals surface area contributed by atoms with Gasteiger partial charge in [-0.15, -0.1) is 0 Å². The number of pyridine rings is 1. The number of aliphatic carboxylic acids is 1. The smallest absolute Gasteiger partial charge is 0.407 e. The third kappa shape index (κ3) is 24.0. The lowest BCUT2D eigenvalue weighted by Gasteiger charge is -2.40. The molecule has 37 heteroatoms. The van der Waals surface area contributed by atoms with Crippen molar-refractivity contribution in [1.82, 2.24) is 74.6 Å². The first-order valence-corrected chi connectivity index (χ1v) is 46.7. The second kappa shape index (κ2) is 45.1. The number of carbonyl (C=O) groups excluding carboxylic acids is 8. The molecule has 718 valence electrons. The van der Waals surface area contributed by atoms with Gasteiger partial charge in [0.15, 0.2) is 11.4 Å². The number of piperidine rings is 1. The topological polar surface area (TPSA) is 460 Å². The first kappa shape index (κ1) is 98.3. The number of carboxylic acids is 1. The van der Waals surface area contributed by atoms with Crippen LogP contribution >= 0.6 is 0 Å². The summed E-state index contributed by atoms with van der Waals surface area (Å²) in [6.07, 6.45) is 20.4. The standard InChI is InChI=1S/C97H126N18O19/c1-58-16-11-10-12-17-59(2)77(128-7)46-72-18-15-27-97(127,134-72)86(120)91(122)114-29-14-13-19-73(114)93(125)132-78(47-75(116)60(3)41-63(6)84(119)85(130-9)83(118)62(5)40-58)61(4)42-64-21-23-76(79(44-64)129-8)133-96(126)105-50-66-48-101-95(102-49-66)112-35-36-113(74(56-112)92(123)124)80(117)26-38-131-39-37-109-31-33-110(34-32-109)94-103-52-71(53-104-94)90(121)111-30-25-67-43-65(20-22-69(67)55-111)54-115-89-81(87(98)106-57-107-89)82(108-115)70-45-68-24-28-99-88(68)100-51-70/h10-12,16-17,20,22,24,28,41,43,45,48-49,51-53,57-58,60-62,64,72-74,76-79,84-85,119,127H,13-15,18-19,21,23,25-27,29-40,42,44,46-47,50,54-56H2,1-9H3,(H,99,100)(H,105,126)(H,123,124)(H2,98,106,107)/b12-10?,16-11+,59-17?,63-41+/t58-,60-,61-,62-,64+,72+,73+,74-,76-,77+,78+,79-,84-,85+,97-/m1/s1. The van der Waals surface area contributed by atoms with E-state index < -0.39 is 108 Å². The summed E-state index contributed by atoms with van der Waals surface area (Å²) >= 11 is 0. The zero-order valence-corrected chi connectivity index (χ0v) is 77.8. The van der Waals surface area contributed by atoms with Crippen LogP contribution in [0.15, 0.2) is 121 Å². The second-order valence-electron chi connectivity index (χ2n) is 36.7. The molecule has 4 saturated heterocycles. The Morgan fingerprint density at radius 1 is 0.761 bits per heavy atom. The van der Waals surface area contributed by atoms with Gasteiger partial charge in [0.05, 0.1) is 62.0 Å². The van der Waals surface area contributed by atoms with Gasteiger partial charge >= 0.3 is 18.0 Å². The number of aromatic nitrogens is 10. The van der Waals surface area contributed by atoms with Crippen molar-refractivity contribution in [2.45, 2.75) is 218 Å². The molecule has 0 spiro atoms. The summed E-state index contributed by atoms with van der Waals surface area (Å²) in [4.78, 5) is 171. The molecule has 6 aromatic heterocycles. The van der Waals surface area contributed by atoms with Crippen molar-refractivity contribution in [2.75, 3.05) is 116 Å². The Labute approximate surface area is 779 Å². The number of piperazine rings is 2. The number of methoxy groups -OCH3 is 3. The highest BCUT2D eigenvalue weighted by Gasteiger charge is 2.50. The number of hydrogen-bond acceptors (Lipinski definition) is 30. The van der Waals surface area contributed by atoms with E-state index in [-0.39, 0.29) is 113 Å². The molecule has 14 rings (SSSR count). The van der Waals surface area contributed by atoms with Crippen LogP contribution in [0.1, 0.15) is 164 Å². The first-order valence-electron chi connectivity index (χ1n) is 46.7. The molecule has 6 aliphatic heterocycles. The number of carbonyl (C=O) groups is 9. The van der Waals surface area contributed by atoms with Gasteiger partial charge in [-0.1, -0.05) is 82.4 Å². The van der Waals surface area contributed by atoms with E-state index in [4.69, 9.17) is 44.0 Å². The monoisotopic (exact) mass is 1850 g/mol. The van der Waals surface area contributed by atoms with Crippen LogP contribution in [0.3, 0.4) is 0 Å². The molecular formula is C97H126N18O19. The fourth-order valence-electron chi connectivity index (χ4n) is 19.5. The van der Waals surface area contributed by atoms with Gasteiger partial charge in [0, 0.05) is 178 Å². The van der Waals surface area contributed by atoms with Gasteiger partial charge in [0.1, 0.15) is 65.8 Å². The summed E-state index contributed by atoms with van der Waals surface area (Å²) in [5, 5.41) is 43.3. The number of hydrogen-bond donors (Lipinski definition) is 6. The van der Waals surface area contributed by atoms with Gasteiger partial charge in [-0.25, -0.2) is 54.0 Å².